The summed E-state index contributed by atoms with van der Waals surface area (Å²) in [6.45, 7) is 5.78. The van der Waals surface area contributed by atoms with Gasteiger partial charge in [0, 0.05) is 35.3 Å². The molecule has 0 aliphatic carbocycles. The van der Waals surface area contributed by atoms with Crippen LogP contribution in [0.2, 0.25) is 0 Å². The van der Waals surface area contributed by atoms with Gasteiger partial charge in [0.1, 0.15) is 0 Å². The topological polar surface area (TPSA) is 70.2 Å². The van der Waals surface area contributed by atoms with Gasteiger partial charge in [0.05, 0.1) is 6.04 Å². The predicted octanol–water partition coefficient (Wildman–Crippen LogP) is 4.85. The Labute approximate surface area is 188 Å². The second-order valence-corrected chi connectivity index (χ2v) is 8.56. The molecular weight excluding hydrogens is 400 g/mol. The summed E-state index contributed by atoms with van der Waals surface area (Å²) in [6.07, 6.45) is 1.74. The molecule has 3 aromatic rings. The Morgan fingerprint density at radius 1 is 1.03 bits per heavy atom. The first-order chi connectivity index (χ1) is 15.3. The number of ketones is 1. The van der Waals surface area contributed by atoms with E-state index in [9.17, 15) is 14.4 Å². The summed E-state index contributed by atoms with van der Waals surface area (Å²) in [5, 5.41) is 0. The van der Waals surface area contributed by atoms with E-state index in [1.807, 2.05) is 74.2 Å². The number of Topliss-reactive ketones (excluding diaryl/α,β-unsaturated/α-hetero) is 1. The van der Waals surface area contributed by atoms with E-state index in [2.05, 4.69) is 4.98 Å². The summed E-state index contributed by atoms with van der Waals surface area (Å²) < 4.78 is 0. The monoisotopic (exact) mass is 428 g/mol. The van der Waals surface area contributed by atoms with Gasteiger partial charge in [-0.2, -0.15) is 0 Å². The van der Waals surface area contributed by atoms with Gasteiger partial charge in [0.15, 0.2) is 5.78 Å². The number of rotatable bonds is 6. The van der Waals surface area contributed by atoms with Crippen molar-refractivity contribution in [2.45, 2.75) is 52.5 Å². The molecule has 1 aliphatic heterocycles. The lowest BCUT2D eigenvalue weighted by atomic mass is 9.93. The van der Waals surface area contributed by atoms with Crippen LogP contribution in [-0.4, -0.2) is 16.7 Å². The Morgan fingerprint density at radius 3 is 2.50 bits per heavy atom. The lowest BCUT2D eigenvalue weighted by molar-refractivity contribution is -0.119. The molecule has 1 unspecified atom stereocenters. The van der Waals surface area contributed by atoms with Gasteiger partial charge in [-0.15, -0.1) is 0 Å². The van der Waals surface area contributed by atoms with E-state index < -0.39 is 0 Å². The fourth-order valence-electron chi connectivity index (χ4n) is 4.57. The molecule has 1 atom stereocenters. The Bertz CT molecular complexity index is 1230. The number of fused-ring (bicyclic) bond motifs is 1. The van der Waals surface area contributed by atoms with Crippen LogP contribution in [0.25, 0.3) is 0 Å². The maximum atomic E-state index is 12.9. The zero-order chi connectivity index (χ0) is 22.8. The summed E-state index contributed by atoms with van der Waals surface area (Å²) in [5.74, 6) is 0.105. The third-order valence-corrected chi connectivity index (χ3v) is 6.30. The third-order valence-electron chi connectivity index (χ3n) is 6.30. The first kappa shape index (κ1) is 21.8. The molecule has 1 amide bonds. The first-order valence-corrected chi connectivity index (χ1v) is 11.1. The lowest BCUT2D eigenvalue weighted by Crippen LogP contribution is -2.37. The number of anilines is 1. The van der Waals surface area contributed by atoms with Crippen molar-refractivity contribution < 1.29 is 9.59 Å². The molecule has 0 fully saturated rings. The van der Waals surface area contributed by atoms with Crippen LogP contribution < -0.4 is 10.5 Å². The average molecular weight is 429 g/mol. The predicted molar refractivity (Wildman–Crippen MR) is 126 cm³/mol. The van der Waals surface area contributed by atoms with Crippen molar-refractivity contribution in [3.8, 4) is 0 Å². The van der Waals surface area contributed by atoms with Crippen molar-refractivity contribution >= 4 is 17.4 Å². The van der Waals surface area contributed by atoms with Gasteiger partial charge in [0.2, 0.25) is 5.91 Å². The minimum absolute atomic E-state index is 0.00623. The van der Waals surface area contributed by atoms with E-state index in [-0.39, 0.29) is 29.7 Å². The molecule has 164 valence electrons. The van der Waals surface area contributed by atoms with Crippen molar-refractivity contribution in [2.24, 2.45) is 0 Å². The number of aromatic amines is 1. The Hall–Kier alpha value is -3.47. The number of carbonyl (C=O) groups is 2. The van der Waals surface area contributed by atoms with Crippen LogP contribution in [0.5, 0.6) is 0 Å². The molecule has 0 spiro atoms. The van der Waals surface area contributed by atoms with Crippen LogP contribution in [0.3, 0.4) is 0 Å². The normalized spacial score (nSPS) is 14.2. The molecule has 2 aromatic carbocycles. The Balaban J connectivity index is 1.55. The van der Waals surface area contributed by atoms with E-state index in [0.717, 1.165) is 28.1 Å². The highest BCUT2D eigenvalue weighted by Crippen LogP contribution is 2.35. The second-order valence-electron chi connectivity index (χ2n) is 8.56. The van der Waals surface area contributed by atoms with Crippen LogP contribution in [0.4, 0.5) is 5.69 Å². The van der Waals surface area contributed by atoms with Gasteiger partial charge in [-0.25, -0.2) is 0 Å². The van der Waals surface area contributed by atoms with Crippen molar-refractivity contribution in [1.29, 1.82) is 0 Å². The molecule has 2 heterocycles. The first-order valence-electron chi connectivity index (χ1n) is 11.1. The van der Waals surface area contributed by atoms with E-state index in [0.29, 0.717) is 30.4 Å². The quantitative estimate of drug-likeness (QED) is 0.571. The van der Waals surface area contributed by atoms with Gasteiger partial charge < -0.3 is 9.88 Å². The fourth-order valence-corrected chi connectivity index (χ4v) is 4.57. The number of benzene rings is 2. The number of amides is 1. The maximum Gasteiger partial charge on any atom is 0.251 e. The molecule has 0 radical (unpaired) electrons. The summed E-state index contributed by atoms with van der Waals surface area (Å²) >= 11 is 0. The van der Waals surface area contributed by atoms with Crippen LogP contribution in [0.15, 0.2) is 59.4 Å². The minimum atomic E-state index is -0.121. The van der Waals surface area contributed by atoms with Gasteiger partial charge in [-0.1, -0.05) is 30.3 Å². The zero-order valence-electron chi connectivity index (χ0n) is 18.8. The number of pyridine rings is 1. The van der Waals surface area contributed by atoms with E-state index in [1.54, 1.807) is 6.07 Å². The Kier molecular flexibility index (Phi) is 6.08. The number of hydrogen-bond donors (Lipinski definition) is 1. The molecule has 0 saturated heterocycles. The lowest BCUT2D eigenvalue weighted by Gasteiger charge is -2.35. The van der Waals surface area contributed by atoms with Gasteiger partial charge in [-0.05, 0) is 74.6 Å². The summed E-state index contributed by atoms with van der Waals surface area (Å²) in [4.78, 5) is 42.6. The summed E-state index contributed by atoms with van der Waals surface area (Å²) in [6, 6.07) is 17.4. The molecule has 0 bridgehead atoms. The fraction of sp³-hybridized carbons (Fsp3) is 0.296. The van der Waals surface area contributed by atoms with Crippen molar-refractivity contribution in [3.05, 3.63) is 98.5 Å². The molecule has 32 heavy (non-hydrogen) atoms. The van der Waals surface area contributed by atoms with Crippen LogP contribution in [0.1, 0.15) is 64.1 Å². The van der Waals surface area contributed by atoms with E-state index >= 15 is 0 Å². The number of nitrogens with one attached hydrogen (secondary N) is 1. The van der Waals surface area contributed by atoms with E-state index in [4.69, 9.17) is 0 Å². The SMILES string of the molecule is Cc1cc(C)c(CCC(=O)c2ccc3c(c2)CCC(=O)N3C(C)c2ccccc2)c(=O)[nH]1. The molecule has 1 aliphatic rings. The highest BCUT2D eigenvalue weighted by atomic mass is 16.2. The number of H-pyrrole nitrogens is 1. The molecule has 1 N–H and O–H groups in total. The molecule has 1 aromatic heterocycles. The van der Waals surface area contributed by atoms with Crippen LogP contribution in [0, 0.1) is 13.8 Å². The number of aromatic nitrogens is 1. The minimum Gasteiger partial charge on any atom is -0.326 e. The number of hydrogen-bond acceptors (Lipinski definition) is 3. The summed E-state index contributed by atoms with van der Waals surface area (Å²) in [7, 11) is 0. The second kappa shape index (κ2) is 8.95. The van der Waals surface area contributed by atoms with E-state index in [1.165, 1.54) is 0 Å². The molecule has 4 rings (SSSR count). The van der Waals surface area contributed by atoms with Crippen molar-refractivity contribution in [1.82, 2.24) is 4.98 Å². The van der Waals surface area contributed by atoms with Crippen molar-refractivity contribution in [3.63, 3.8) is 0 Å². The van der Waals surface area contributed by atoms with Crippen LogP contribution in [-0.2, 0) is 17.6 Å². The van der Waals surface area contributed by atoms with Crippen LogP contribution >= 0.6 is 0 Å². The third kappa shape index (κ3) is 4.28. The number of aryl methyl sites for hydroxylation is 3. The van der Waals surface area contributed by atoms with Gasteiger partial charge >= 0.3 is 0 Å². The molecule has 5 heteroatoms. The van der Waals surface area contributed by atoms with Gasteiger partial charge in [0.25, 0.3) is 5.56 Å². The maximum absolute atomic E-state index is 12.9. The number of nitrogens with zero attached hydrogens (tertiary/aromatic N) is 1. The zero-order valence-corrected chi connectivity index (χ0v) is 18.8. The molecule has 5 nitrogen and oxygen atoms in total. The average Bonchev–Trinajstić information content (AvgIpc) is 2.78. The van der Waals surface area contributed by atoms with Gasteiger partial charge in [-0.3, -0.25) is 14.4 Å². The Morgan fingerprint density at radius 2 is 1.78 bits per heavy atom. The standard InChI is InChI=1S/C27H28N2O3/c1-17-15-18(2)28-27(32)23(17)11-13-25(30)22-9-12-24-21(16-22)10-14-26(31)29(24)19(3)20-7-5-4-6-8-20/h4-9,12,15-16,19H,10-11,13-14H2,1-3H3,(H,28,32). The highest BCUT2D eigenvalue weighted by molar-refractivity contribution is 6.00. The smallest absolute Gasteiger partial charge is 0.251 e. The number of carbonyl (C=O) groups excluding carboxylic acids is 2. The molecular formula is C27H28N2O3. The molecule has 0 saturated carbocycles. The van der Waals surface area contributed by atoms with Crippen molar-refractivity contribution in [2.75, 3.05) is 4.90 Å². The highest BCUT2D eigenvalue weighted by Gasteiger charge is 2.29. The summed E-state index contributed by atoms with van der Waals surface area (Å²) in [5.41, 5.74) is 5.87. The largest absolute Gasteiger partial charge is 0.326 e.